The number of methoxy groups -OCH3 is 1. The molecule has 0 saturated carbocycles. The minimum Gasteiger partial charge on any atom is -0.495 e. The average Bonchev–Trinajstić information content (AvgIpc) is 2.67. The summed E-state index contributed by atoms with van der Waals surface area (Å²) < 4.78 is 11.7. The Morgan fingerprint density at radius 1 is 1.41 bits per heavy atom. The fourth-order valence-corrected chi connectivity index (χ4v) is 3.36. The van der Waals surface area contributed by atoms with Crippen molar-refractivity contribution in [2.24, 2.45) is 5.41 Å². The van der Waals surface area contributed by atoms with Gasteiger partial charge in [-0.2, -0.15) is 5.26 Å². The molecule has 1 aliphatic heterocycles. The molecular weight excluding hydrogens is 396 g/mol. The number of rotatable bonds is 6. The van der Waals surface area contributed by atoms with Crippen LogP contribution < -0.4 is 10.3 Å². The maximum Gasteiger partial charge on any atom is 0.352 e. The highest BCUT2D eigenvalue weighted by Gasteiger charge is 2.36. The third kappa shape index (κ3) is 3.90. The number of nitrogens with zero attached hydrogens (tertiary/aromatic N) is 2. The van der Waals surface area contributed by atoms with Gasteiger partial charge >= 0.3 is 5.97 Å². The third-order valence-electron chi connectivity index (χ3n) is 5.03. The number of carbonyl (C=O) groups is 1. The summed E-state index contributed by atoms with van der Waals surface area (Å²) in [6, 6.07) is 8.00. The Hall–Kier alpha value is -3.08. The normalized spacial score (nSPS) is 15.3. The Balaban J connectivity index is 2.21. The summed E-state index contributed by atoms with van der Waals surface area (Å²) in [5.74, 6) is -0.993. The van der Waals surface area contributed by atoms with Crippen LogP contribution in [0.4, 0.5) is 0 Å². The number of hydrogen-bond donors (Lipinski definition) is 1. The average molecular weight is 415 g/mol. The molecule has 0 amide bonds. The Bertz CT molecular complexity index is 1090. The van der Waals surface area contributed by atoms with Crippen molar-refractivity contribution in [3.05, 3.63) is 57.5 Å². The van der Waals surface area contributed by atoms with Gasteiger partial charge in [0.15, 0.2) is 0 Å². The number of carboxylic acids is 1. The van der Waals surface area contributed by atoms with Crippen LogP contribution in [-0.2, 0) is 9.53 Å². The summed E-state index contributed by atoms with van der Waals surface area (Å²) in [7, 11) is 1.40. The van der Waals surface area contributed by atoms with E-state index in [0.717, 1.165) is 4.57 Å². The highest BCUT2D eigenvalue weighted by atomic mass is 35.5. The van der Waals surface area contributed by atoms with E-state index in [1.165, 1.54) is 19.4 Å². The van der Waals surface area contributed by atoms with Gasteiger partial charge in [0, 0.05) is 27.6 Å². The number of ether oxygens (including phenoxy) is 2. The summed E-state index contributed by atoms with van der Waals surface area (Å²) in [5.41, 5.74) is -0.0501. The maximum atomic E-state index is 12.8. The molecule has 0 radical (unpaired) electrons. The molecular formula is C21H19ClN2O5. The number of aromatic nitrogens is 1. The predicted octanol–water partition coefficient (Wildman–Crippen LogP) is 3.40. The lowest BCUT2D eigenvalue weighted by atomic mass is 9.82. The molecule has 1 N–H and O–H groups in total. The number of carboxylic acid groups (broad SMARTS) is 1. The minimum atomic E-state index is -1.23. The van der Waals surface area contributed by atoms with E-state index in [-0.39, 0.29) is 11.4 Å². The number of aliphatic carboxylic acids is 1. The van der Waals surface area contributed by atoms with E-state index in [0.29, 0.717) is 41.3 Å². The number of hydrogen-bond acceptors (Lipinski definition) is 5. The van der Waals surface area contributed by atoms with Gasteiger partial charge in [0.2, 0.25) is 0 Å². The number of nitriles is 1. The van der Waals surface area contributed by atoms with Crippen molar-refractivity contribution in [1.29, 1.82) is 5.26 Å². The predicted molar refractivity (Wildman–Crippen MR) is 108 cm³/mol. The van der Waals surface area contributed by atoms with Gasteiger partial charge < -0.3 is 14.6 Å². The molecule has 0 bridgehead atoms. The first kappa shape index (κ1) is 20.6. The topological polar surface area (TPSA) is 102 Å². The largest absolute Gasteiger partial charge is 0.495 e. The van der Waals surface area contributed by atoms with Crippen LogP contribution in [0.25, 0.3) is 16.8 Å². The minimum absolute atomic E-state index is 0.170. The molecule has 1 fully saturated rings. The van der Waals surface area contributed by atoms with Crippen LogP contribution in [0.15, 0.2) is 41.3 Å². The van der Waals surface area contributed by atoms with E-state index in [4.69, 9.17) is 21.1 Å². The molecule has 0 atom stereocenters. The number of halogens is 1. The van der Waals surface area contributed by atoms with Gasteiger partial charge in [0.25, 0.3) is 5.56 Å². The van der Waals surface area contributed by atoms with Crippen LogP contribution in [0.3, 0.4) is 0 Å². The van der Waals surface area contributed by atoms with Gasteiger partial charge in [-0.15, -0.1) is 0 Å². The van der Waals surface area contributed by atoms with E-state index in [1.54, 1.807) is 24.3 Å². The van der Waals surface area contributed by atoms with Crippen molar-refractivity contribution in [2.45, 2.75) is 13.3 Å². The number of benzene rings is 1. The Morgan fingerprint density at radius 3 is 2.66 bits per heavy atom. The monoisotopic (exact) mass is 414 g/mol. The van der Waals surface area contributed by atoms with Crippen molar-refractivity contribution < 1.29 is 19.4 Å². The zero-order valence-electron chi connectivity index (χ0n) is 15.9. The molecule has 1 saturated heterocycles. The molecule has 2 heterocycles. The molecule has 8 heteroatoms. The van der Waals surface area contributed by atoms with Crippen LogP contribution in [0.1, 0.15) is 18.9 Å². The van der Waals surface area contributed by atoms with Crippen molar-refractivity contribution >= 4 is 23.3 Å². The zero-order chi connectivity index (χ0) is 21.2. The van der Waals surface area contributed by atoms with Gasteiger partial charge in [-0.1, -0.05) is 18.5 Å². The Morgan fingerprint density at radius 2 is 2.14 bits per heavy atom. The second-order valence-corrected chi connectivity index (χ2v) is 7.25. The van der Waals surface area contributed by atoms with Crippen LogP contribution in [0, 0.1) is 16.7 Å². The summed E-state index contributed by atoms with van der Waals surface area (Å²) in [4.78, 5) is 24.8. The van der Waals surface area contributed by atoms with Crippen molar-refractivity contribution in [3.8, 4) is 22.9 Å². The van der Waals surface area contributed by atoms with Crippen LogP contribution in [0.2, 0.25) is 5.02 Å². The zero-order valence-corrected chi connectivity index (χ0v) is 16.7. The van der Waals surface area contributed by atoms with Crippen molar-refractivity contribution in [3.63, 3.8) is 0 Å². The summed E-state index contributed by atoms with van der Waals surface area (Å²) in [5, 5.41) is 19.5. The molecule has 0 aliphatic carbocycles. The van der Waals surface area contributed by atoms with Gasteiger partial charge in [-0.25, -0.2) is 4.79 Å². The second-order valence-electron chi connectivity index (χ2n) is 6.81. The van der Waals surface area contributed by atoms with Gasteiger partial charge in [0.05, 0.1) is 38.2 Å². The SMILES string of the molecule is CCC1(C=C(C(=O)O)n2cc(OC)c(-c3cc(Cl)ccc3C#N)cc2=O)COC1. The molecule has 7 nitrogen and oxygen atoms in total. The number of pyridine rings is 1. The molecule has 3 rings (SSSR count). The lowest BCUT2D eigenvalue weighted by Gasteiger charge is -2.38. The summed E-state index contributed by atoms with van der Waals surface area (Å²) >= 11 is 6.06. The first-order valence-corrected chi connectivity index (χ1v) is 9.27. The Kier molecular flexibility index (Phi) is 5.78. The first-order chi connectivity index (χ1) is 13.8. The smallest absolute Gasteiger partial charge is 0.352 e. The van der Waals surface area contributed by atoms with Crippen molar-refractivity contribution in [1.82, 2.24) is 4.57 Å². The molecule has 1 aromatic heterocycles. The van der Waals surface area contributed by atoms with Gasteiger partial charge in [-0.3, -0.25) is 9.36 Å². The van der Waals surface area contributed by atoms with E-state index in [1.807, 2.05) is 6.92 Å². The van der Waals surface area contributed by atoms with E-state index < -0.39 is 16.9 Å². The fraction of sp³-hybridized carbons (Fsp3) is 0.286. The summed E-state index contributed by atoms with van der Waals surface area (Å²) in [6.45, 7) is 2.74. The molecule has 2 aromatic rings. The second kappa shape index (κ2) is 8.11. The van der Waals surface area contributed by atoms with Crippen LogP contribution in [0.5, 0.6) is 5.75 Å². The van der Waals surface area contributed by atoms with E-state index in [9.17, 15) is 20.0 Å². The van der Waals surface area contributed by atoms with Crippen molar-refractivity contribution in [2.75, 3.05) is 20.3 Å². The molecule has 1 aromatic carbocycles. The Labute approximate surface area is 172 Å². The summed E-state index contributed by atoms with van der Waals surface area (Å²) in [6.07, 6.45) is 3.57. The molecule has 29 heavy (non-hydrogen) atoms. The van der Waals surface area contributed by atoms with Gasteiger partial charge in [0.1, 0.15) is 11.4 Å². The highest BCUT2D eigenvalue weighted by molar-refractivity contribution is 6.31. The first-order valence-electron chi connectivity index (χ1n) is 8.89. The molecule has 0 spiro atoms. The molecule has 1 aliphatic rings. The lowest BCUT2D eigenvalue weighted by molar-refractivity contribution is -0.131. The fourth-order valence-electron chi connectivity index (χ4n) is 3.19. The van der Waals surface area contributed by atoms with E-state index in [2.05, 4.69) is 6.07 Å². The van der Waals surface area contributed by atoms with Gasteiger partial charge in [-0.05, 0) is 30.7 Å². The van der Waals surface area contributed by atoms with Crippen LogP contribution >= 0.6 is 11.6 Å². The molecule has 0 unspecified atom stereocenters. The third-order valence-corrected chi connectivity index (χ3v) is 5.27. The standard InChI is InChI=1S/C21H19ClN2O5/c1-3-21(11-29-12-21)8-17(20(26)27)24-10-18(28-2)16(7-19(24)25)15-6-14(22)5-4-13(15)9-23/h4-8,10H,3,11-12H2,1-2H3,(H,26,27). The quantitative estimate of drug-likeness (QED) is 0.727. The highest BCUT2D eigenvalue weighted by Crippen LogP contribution is 2.36. The maximum absolute atomic E-state index is 12.8. The van der Waals surface area contributed by atoms with E-state index >= 15 is 0 Å². The lowest BCUT2D eigenvalue weighted by Crippen LogP contribution is -2.41. The van der Waals surface area contributed by atoms with Crippen LogP contribution in [-0.4, -0.2) is 36.0 Å². The molecule has 150 valence electrons.